The third-order valence-electron chi connectivity index (χ3n) is 7.63. The number of rotatable bonds is 3. The van der Waals surface area contributed by atoms with Gasteiger partial charge in [-0.25, -0.2) is 0 Å². The van der Waals surface area contributed by atoms with Crippen LogP contribution in [0.15, 0.2) is 158 Å². The third kappa shape index (κ3) is 3.54. The molecule has 0 saturated heterocycles. The van der Waals surface area contributed by atoms with Crippen molar-refractivity contribution in [1.29, 1.82) is 0 Å². The van der Waals surface area contributed by atoms with Crippen LogP contribution in [0.25, 0.3) is 76.5 Å². The molecule has 186 valence electrons. The largest absolute Gasteiger partial charge is 0.0629 e. The number of hydrogen-bond donors (Lipinski definition) is 0. The first kappa shape index (κ1) is 15.4. The molecule has 0 amide bonds. The molecule has 0 heterocycles. The van der Waals surface area contributed by atoms with Crippen molar-refractivity contribution < 1.29 is 12.3 Å². The van der Waals surface area contributed by atoms with E-state index in [-0.39, 0.29) is 40.7 Å². The van der Waals surface area contributed by atoms with E-state index in [1.807, 2.05) is 42.5 Å². The van der Waals surface area contributed by atoms with Gasteiger partial charge in [-0.3, -0.25) is 0 Å². The molecule has 0 atom stereocenters. The Kier molecular flexibility index (Phi) is 3.55. The molecule has 0 bridgehead atoms. The van der Waals surface area contributed by atoms with Gasteiger partial charge >= 0.3 is 0 Å². The molecule has 0 aliphatic rings. The van der Waals surface area contributed by atoms with Crippen molar-refractivity contribution in [2.75, 3.05) is 0 Å². The minimum atomic E-state index is -0.538. The summed E-state index contributed by atoms with van der Waals surface area (Å²) in [5.41, 5.74) is 3.44. The Bertz CT molecular complexity index is 2690. The summed E-state index contributed by atoms with van der Waals surface area (Å²) in [5.74, 6) is 0. The molecule has 8 aromatic rings. The summed E-state index contributed by atoms with van der Waals surface area (Å²) in [6.07, 6.45) is 0. The second kappa shape index (κ2) is 9.22. The zero-order valence-corrected chi connectivity index (χ0v) is 21.3. The van der Waals surface area contributed by atoms with E-state index in [2.05, 4.69) is 36.4 Å². The fourth-order valence-corrected chi connectivity index (χ4v) is 5.91. The van der Waals surface area contributed by atoms with Gasteiger partial charge < -0.3 is 0 Å². The molecule has 0 unspecified atom stereocenters. The highest BCUT2D eigenvalue weighted by atomic mass is 14.2. The van der Waals surface area contributed by atoms with Gasteiger partial charge in [0.2, 0.25) is 0 Å². The van der Waals surface area contributed by atoms with Crippen molar-refractivity contribution >= 4 is 43.1 Å². The Balaban J connectivity index is 1.55. The molecule has 8 aromatic carbocycles. The smallest absolute Gasteiger partial charge is 0.0622 e. The molecule has 0 nitrogen and oxygen atoms in total. The van der Waals surface area contributed by atoms with Crippen LogP contribution in [-0.2, 0) is 0 Å². The van der Waals surface area contributed by atoms with Gasteiger partial charge in [0.05, 0.1) is 12.3 Å². The Labute approximate surface area is 246 Å². The summed E-state index contributed by atoms with van der Waals surface area (Å²) in [4.78, 5) is 0. The molecule has 0 aliphatic heterocycles. The molecule has 0 aliphatic carbocycles. The summed E-state index contributed by atoms with van der Waals surface area (Å²) in [6.45, 7) is 0. The Morgan fingerprint density at radius 2 is 1.00 bits per heavy atom. The van der Waals surface area contributed by atoms with Gasteiger partial charge in [-0.1, -0.05) is 151 Å². The SMILES string of the molecule is [2H]c1cc([2H])c2c(-c3c([2H])c([2H])c([2H])c([2H])c3[2H])c3cc([2H])cc([2H])c3c(-c3cccc4c(-c5ccc6ccccc6c5)cccc34)c2c1. The van der Waals surface area contributed by atoms with Crippen molar-refractivity contribution in [1.82, 2.24) is 0 Å². The molecular weight excluding hydrogens is 480 g/mol. The van der Waals surface area contributed by atoms with Crippen molar-refractivity contribution in [2.24, 2.45) is 0 Å². The minimum Gasteiger partial charge on any atom is -0.0622 e. The number of hydrogen-bond acceptors (Lipinski definition) is 0. The minimum absolute atomic E-state index is 0.0107. The lowest BCUT2D eigenvalue weighted by Gasteiger charge is -2.19. The van der Waals surface area contributed by atoms with Crippen LogP contribution in [0.4, 0.5) is 0 Å². The average molecular weight is 516 g/mol. The van der Waals surface area contributed by atoms with Gasteiger partial charge in [0.15, 0.2) is 0 Å². The summed E-state index contributed by atoms with van der Waals surface area (Å²) < 4.78 is 78.3. The molecule has 0 radical (unpaired) electrons. The second-order valence-corrected chi connectivity index (χ2v) is 9.79. The topological polar surface area (TPSA) is 0 Å². The van der Waals surface area contributed by atoms with E-state index in [0.717, 1.165) is 38.2 Å². The van der Waals surface area contributed by atoms with Crippen molar-refractivity contribution in [3.8, 4) is 33.4 Å². The fraction of sp³-hybridized carbons (Fsp3) is 0. The van der Waals surface area contributed by atoms with Gasteiger partial charge in [-0.15, -0.1) is 0 Å². The van der Waals surface area contributed by atoms with E-state index in [1.165, 1.54) is 18.2 Å². The van der Waals surface area contributed by atoms with Crippen LogP contribution in [0.5, 0.6) is 0 Å². The highest BCUT2D eigenvalue weighted by molar-refractivity contribution is 6.24. The van der Waals surface area contributed by atoms with Crippen LogP contribution in [0.3, 0.4) is 0 Å². The van der Waals surface area contributed by atoms with Crippen LogP contribution in [-0.4, -0.2) is 0 Å². The maximum Gasteiger partial charge on any atom is 0.0629 e. The lowest BCUT2D eigenvalue weighted by molar-refractivity contribution is 1.65. The van der Waals surface area contributed by atoms with E-state index >= 15 is 0 Å². The maximum absolute atomic E-state index is 9.21. The molecule has 0 saturated carbocycles. The molecule has 0 spiro atoms. The predicted octanol–water partition coefficient (Wildman–Crippen LogP) is 11.3. The molecular formula is C40H26. The molecule has 0 fully saturated rings. The van der Waals surface area contributed by atoms with Gasteiger partial charge in [0.25, 0.3) is 0 Å². The van der Waals surface area contributed by atoms with Crippen LogP contribution in [0, 0.1) is 0 Å². The first-order valence-corrected chi connectivity index (χ1v) is 13.1. The van der Waals surface area contributed by atoms with E-state index in [0.29, 0.717) is 21.7 Å². The van der Waals surface area contributed by atoms with Gasteiger partial charge in [0, 0.05) is 0 Å². The van der Waals surface area contributed by atoms with Crippen LogP contribution >= 0.6 is 0 Å². The summed E-state index contributed by atoms with van der Waals surface area (Å²) in [7, 11) is 0. The van der Waals surface area contributed by atoms with Crippen molar-refractivity contribution in [2.45, 2.75) is 0 Å². The lowest BCUT2D eigenvalue weighted by Crippen LogP contribution is -1.92. The van der Waals surface area contributed by atoms with E-state index in [1.54, 1.807) is 6.07 Å². The third-order valence-corrected chi connectivity index (χ3v) is 7.63. The highest BCUT2D eigenvalue weighted by Gasteiger charge is 2.18. The van der Waals surface area contributed by atoms with E-state index in [4.69, 9.17) is 11.0 Å². The number of fused-ring (bicyclic) bond motifs is 4. The fourth-order valence-electron chi connectivity index (χ4n) is 5.91. The first-order chi connectivity index (χ1) is 23.5. The normalized spacial score (nSPS) is 14.7. The average Bonchev–Trinajstić information content (AvgIpc) is 3.09. The van der Waals surface area contributed by atoms with Crippen LogP contribution in [0.2, 0.25) is 0 Å². The zero-order valence-electron chi connectivity index (χ0n) is 30.3. The monoisotopic (exact) mass is 515 g/mol. The van der Waals surface area contributed by atoms with Crippen LogP contribution in [0.1, 0.15) is 12.3 Å². The molecule has 0 N–H and O–H groups in total. The van der Waals surface area contributed by atoms with Crippen molar-refractivity contribution in [3.63, 3.8) is 0 Å². The zero-order chi connectivity index (χ0) is 34.3. The lowest BCUT2D eigenvalue weighted by atomic mass is 9.84. The van der Waals surface area contributed by atoms with Gasteiger partial charge in [0.1, 0.15) is 0 Å². The summed E-state index contributed by atoms with van der Waals surface area (Å²) in [5, 5.41) is 5.55. The molecule has 0 aromatic heterocycles. The standard InChI is InChI=1S/C40H26/c1-2-13-28(14-3-1)39-35-16-6-8-18-37(35)40(38-19-9-7-17-36(38)39)34-23-11-21-32-31(20-10-22-33(32)34)30-25-24-27-12-4-5-15-29(27)26-30/h1-26H/i1D,2D,3D,6D,9D,13D,14D,17D,18D. The predicted molar refractivity (Wildman–Crippen MR) is 173 cm³/mol. The quantitative estimate of drug-likeness (QED) is 0.205. The Hall–Kier alpha value is -5.20. The van der Waals surface area contributed by atoms with Gasteiger partial charge in [-0.2, -0.15) is 0 Å². The Morgan fingerprint density at radius 1 is 0.350 bits per heavy atom. The Morgan fingerprint density at radius 3 is 1.77 bits per heavy atom. The molecule has 40 heavy (non-hydrogen) atoms. The first-order valence-electron chi connectivity index (χ1n) is 17.6. The van der Waals surface area contributed by atoms with Crippen LogP contribution < -0.4 is 0 Å². The second-order valence-electron chi connectivity index (χ2n) is 9.79. The molecule has 8 rings (SSSR count). The van der Waals surface area contributed by atoms with E-state index in [9.17, 15) is 1.37 Å². The highest BCUT2D eigenvalue weighted by Crippen LogP contribution is 2.46. The maximum atomic E-state index is 9.21. The number of benzene rings is 8. The summed E-state index contributed by atoms with van der Waals surface area (Å²) >= 11 is 0. The summed E-state index contributed by atoms with van der Waals surface area (Å²) in [6, 6.07) is 30.0. The van der Waals surface area contributed by atoms with E-state index < -0.39 is 30.2 Å². The molecule has 0 heteroatoms. The van der Waals surface area contributed by atoms with Gasteiger partial charge in [-0.05, 0) is 82.5 Å². The van der Waals surface area contributed by atoms with Crippen molar-refractivity contribution in [3.05, 3.63) is 158 Å².